The lowest BCUT2D eigenvalue weighted by atomic mass is 10.4. The molecule has 0 aliphatic carbocycles. The third kappa shape index (κ3) is 2.86. The average molecular weight is 223 g/mol. The fourth-order valence-electron chi connectivity index (χ4n) is 0.910. The van der Waals surface area contributed by atoms with Crippen LogP contribution in [0.4, 0.5) is 13.2 Å². The van der Waals surface area contributed by atoms with Gasteiger partial charge in [0.2, 0.25) is 5.88 Å². The second kappa shape index (κ2) is 3.79. The quantitative estimate of drug-likeness (QED) is 0.697. The Balaban J connectivity index is 2.82. The predicted octanol–water partition coefficient (Wildman–Crippen LogP) is -0.432. The molecule has 1 aromatic heterocycles. The van der Waals surface area contributed by atoms with Crippen LogP contribution >= 0.6 is 0 Å². The smallest absolute Gasteiger partial charge is 0.433 e. The Morgan fingerprint density at radius 1 is 1.67 bits per heavy atom. The molecule has 0 fully saturated rings. The van der Waals surface area contributed by atoms with Gasteiger partial charge in [-0.25, -0.2) is 0 Å². The topological polar surface area (TPSA) is 67.2 Å². The molecule has 1 aromatic rings. The number of alkyl halides is 3. The van der Waals surface area contributed by atoms with Crippen molar-refractivity contribution in [2.45, 2.75) is 6.18 Å². The Labute approximate surface area is 82.1 Å². The van der Waals surface area contributed by atoms with Crippen LogP contribution in [-0.4, -0.2) is 22.4 Å². The summed E-state index contributed by atoms with van der Waals surface area (Å²) in [6.45, 7) is -0.839. The highest BCUT2D eigenvalue weighted by atomic mass is 19.4. The minimum atomic E-state index is -4.55. The Hall–Kier alpha value is -1.73. The Kier molecular flexibility index (Phi) is 2.87. The van der Waals surface area contributed by atoms with E-state index in [0.717, 1.165) is 7.05 Å². The molecule has 1 rings (SSSR count). The number of nitrogens with zero attached hydrogens (tertiary/aromatic N) is 2. The van der Waals surface area contributed by atoms with Crippen LogP contribution in [0.1, 0.15) is 5.69 Å². The van der Waals surface area contributed by atoms with Gasteiger partial charge in [-0.2, -0.15) is 13.2 Å². The van der Waals surface area contributed by atoms with Crippen molar-refractivity contribution >= 4 is 5.97 Å². The summed E-state index contributed by atoms with van der Waals surface area (Å²) in [5.74, 6) is -1.94. The molecule has 0 bridgehead atoms. The number of halogens is 3. The molecule has 0 saturated carbocycles. The molecule has 0 N–H and O–H groups in total. The van der Waals surface area contributed by atoms with E-state index >= 15 is 0 Å². The van der Waals surface area contributed by atoms with Gasteiger partial charge in [0.1, 0.15) is 12.3 Å². The van der Waals surface area contributed by atoms with Crippen LogP contribution in [0.15, 0.2) is 6.07 Å². The van der Waals surface area contributed by atoms with Crippen molar-refractivity contribution in [3.8, 4) is 5.88 Å². The Morgan fingerprint density at radius 2 is 2.27 bits per heavy atom. The number of rotatable bonds is 3. The maximum atomic E-state index is 12.2. The molecule has 0 aromatic carbocycles. The number of ether oxygens (including phenoxy) is 1. The van der Waals surface area contributed by atoms with Gasteiger partial charge in [-0.3, -0.25) is 4.68 Å². The first-order chi connectivity index (χ1) is 6.80. The van der Waals surface area contributed by atoms with Crippen LogP contribution in [0.2, 0.25) is 0 Å². The van der Waals surface area contributed by atoms with Gasteiger partial charge >= 0.3 is 6.18 Å². The zero-order valence-electron chi connectivity index (χ0n) is 7.54. The molecule has 0 aliphatic rings. The molecule has 0 aliphatic heterocycles. The molecule has 0 unspecified atom stereocenters. The van der Waals surface area contributed by atoms with Crippen LogP contribution in [0.5, 0.6) is 5.88 Å². The van der Waals surface area contributed by atoms with E-state index in [2.05, 4.69) is 9.84 Å². The summed E-state index contributed by atoms with van der Waals surface area (Å²) in [5.41, 5.74) is -1.02. The number of carbonyl (C=O) groups excluding carboxylic acids is 1. The largest absolute Gasteiger partial charge is 0.546 e. The lowest BCUT2D eigenvalue weighted by Gasteiger charge is -2.04. The highest BCUT2D eigenvalue weighted by Crippen LogP contribution is 2.30. The molecule has 0 atom stereocenters. The maximum Gasteiger partial charge on any atom is 0.433 e. The van der Waals surface area contributed by atoms with E-state index in [1.54, 1.807) is 0 Å². The highest BCUT2D eigenvalue weighted by molar-refractivity contribution is 5.65. The normalized spacial score (nSPS) is 11.5. The van der Waals surface area contributed by atoms with Crippen molar-refractivity contribution in [1.29, 1.82) is 0 Å². The van der Waals surface area contributed by atoms with Gasteiger partial charge in [0.25, 0.3) is 0 Å². The molecule has 0 spiro atoms. The number of aromatic nitrogens is 2. The summed E-state index contributed by atoms with van der Waals surface area (Å²) in [6, 6.07) is 0.614. The lowest BCUT2D eigenvalue weighted by molar-refractivity contribution is -0.307. The maximum absolute atomic E-state index is 12.2. The van der Waals surface area contributed by atoms with Gasteiger partial charge < -0.3 is 14.6 Å². The van der Waals surface area contributed by atoms with Crippen molar-refractivity contribution in [3.05, 3.63) is 11.8 Å². The van der Waals surface area contributed by atoms with Crippen molar-refractivity contribution in [3.63, 3.8) is 0 Å². The fraction of sp³-hybridized carbons (Fsp3) is 0.429. The van der Waals surface area contributed by atoms with Crippen molar-refractivity contribution < 1.29 is 27.8 Å². The zero-order valence-corrected chi connectivity index (χ0v) is 7.54. The summed E-state index contributed by atoms with van der Waals surface area (Å²) in [4.78, 5) is 9.97. The molecular weight excluding hydrogens is 217 g/mol. The first-order valence-corrected chi connectivity index (χ1v) is 3.74. The van der Waals surface area contributed by atoms with Crippen LogP contribution in [0, 0.1) is 0 Å². The molecule has 1 heterocycles. The Bertz CT molecular complexity index is 372. The average Bonchev–Trinajstić information content (AvgIpc) is 2.42. The van der Waals surface area contributed by atoms with Gasteiger partial charge in [-0.1, -0.05) is 0 Å². The second-order valence-corrected chi connectivity index (χ2v) is 2.65. The standard InChI is InChI=1S/C7H7F3N2O3/c1-12-4(7(8,9)10)2-5(11-12)15-3-6(13)14/h2H,3H2,1H3,(H,13,14)/p-1. The summed E-state index contributed by atoms with van der Waals surface area (Å²) < 4.78 is 41.6. The predicted molar refractivity (Wildman–Crippen MR) is 38.7 cm³/mol. The molecule has 8 heteroatoms. The summed E-state index contributed by atoms with van der Waals surface area (Å²) in [5, 5.41) is 13.3. The minimum absolute atomic E-state index is 0.408. The van der Waals surface area contributed by atoms with E-state index in [1.807, 2.05) is 0 Å². The van der Waals surface area contributed by atoms with E-state index in [0.29, 0.717) is 10.7 Å². The molecule has 0 amide bonds. The van der Waals surface area contributed by atoms with Crippen molar-refractivity contribution in [2.24, 2.45) is 7.05 Å². The molecule has 5 nitrogen and oxygen atoms in total. The zero-order chi connectivity index (χ0) is 11.6. The van der Waals surface area contributed by atoms with Crippen molar-refractivity contribution in [1.82, 2.24) is 9.78 Å². The first-order valence-electron chi connectivity index (χ1n) is 3.74. The van der Waals surface area contributed by atoms with Crippen LogP contribution < -0.4 is 9.84 Å². The lowest BCUT2D eigenvalue weighted by Crippen LogP contribution is -2.29. The van der Waals surface area contributed by atoms with E-state index in [9.17, 15) is 23.1 Å². The van der Waals surface area contributed by atoms with E-state index in [-0.39, 0.29) is 0 Å². The van der Waals surface area contributed by atoms with Gasteiger partial charge in [0, 0.05) is 13.1 Å². The number of carbonyl (C=O) groups is 1. The van der Waals surface area contributed by atoms with Gasteiger partial charge in [-0.05, 0) is 0 Å². The number of hydrogen-bond donors (Lipinski definition) is 0. The number of aliphatic carboxylic acids is 1. The molecular formula is C7H6F3N2O3-. The second-order valence-electron chi connectivity index (χ2n) is 2.65. The summed E-state index contributed by atoms with van der Waals surface area (Å²) in [6.07, 6.45) is -4.55. The number of hydrogen-bond acceptors (Lipinski definition) is 4. The minimum Gasteiger partial charge on any atom is -0.546 e. The number of carboxylic acids is 1. The first kappa shape index (κ1) is 11.3. The molecule has 84 valence electrons. The highest BCUT2D eigenvalue weighted by Gasteiger charge is 2.35. The number of aryl methyl sites for hydroxylation is 1. The van der Waals surface area contributed by atoms with Crippen LogP contribution in [0.25, 0.3) is 0 Å². The van der Waals surface area contributed by atoms with E-state index in [4.69, 9.17) is 0 Å². The number of carboxylic acid groups (broad SMARTS) is 1. The summed E-state index contributed by atoms with van der Waals surface area (Å²) in [7, 11) is 1.08. The SMILES string of the molecule is Cn1nc(OCC(=O)[O-])cc1C(F)(F)F. The molecule has 15 heavy (non-hydrogen) atoms. The Morgan fingerprint density at radius 3 is 2.67 bits per heavy atom. The van der Waals surface area contributed by atoms with Gasteiger partial charge in [0.15, 0.2) is 0 Å². The van der Waals surface area contributed by atoms with Crippen LogP contribution in [0.3, 0.4) is 0 Å². The summed E-state index contributed by atoms with van der Waals surface area (Å²) >= 11 is 0. The monoisotopic (exact) mass is 223 g/mol. The molecule has 0 radical (unpaired) electrons. The van der Waals surface area contributed by atoms with E-state index < -0.39 is 30.3 Å². The van der Waals surface area contributed by atoms with Crippen molar-refractivity contribution in [2.75, 3.05) is 6.61 Å². The molecule has 0 saturated heterocycles. The van der Waals surface area contributed by atoms with Gasteiger partial charge in [-0.15, -0.1) is 5.10 Å². The van der Waals surface area contributed by atoms with E-state index in [1.165, 1.54) is 0 Å². The van der Waals surface area contributed by atoms with Crippen LogP contribution in [-0.2, 0) is 18.0 Å². The van der Waals surface area contributed by atoms with Gasteiger partial charge in [0.05, 0.1) is 5.97 Å². The fourth-order valence-corrected chi connectivity index (χ4v) is 0.910. The third-order valence-electron chi connectivity index (χ3n) is 1.49. The third-order valence-corrected chi connectivity index (χ3v) is 1.49.